The number of nitrogens with one attached hydrogen (secondary N) is 1. The number of nitrogens with two attached hydrogens (primary N) is 1. The molecule has 2 heterocycles. The van der Waals surface area contributed by atoms with Crippen LogP contribution in [0.25, 0.3) is 0 Å². The summed E-state index contributed by atoms with van der Waals surface area (Å²) in [5, 5.41) is 3.34. The number of hydrogen-bond donors (Lipinski definition) is 2. The highest BCUT2D eigenvalue weighted by Crippen LogP contribution is 2.24. The lowest BCUT2D eigenvalue weighted by atomic mass is 9.94. The second kappa shape index (κ2) is 10.2. The van der Waals surface area contributed by atoms with Crippen molar-refractivity contribution in [2.24, 2.45) is 16.6 Å². The lowest BCUT2D eigenvalue weighted by Crippen LogP contribution is -2.51. The molecule has 3 N–H and O–H groups in total. The number of likely N-dealkylation sites (tertiary alicyclic amines) is 2. The fourth-order valence-electron chi connectivity index (χ4n) is 3.94. The van der Waals surface area contributed by atoms with Crippen LogP contribution in [0.3, 0.4) is 0 Å². The van der Waals surface area contributed by atoms with Gasteiger partial charge in [-0.25, -0.2) is 0 Å². The number of piperidine rings is 1. The minimum absolute atomic E-state index is 0. The molecule has 2 saturated heterocycles. The van der Waals surface area contributed by atoms with Crippen molar-refractivity contribution in [3.63, 3.8) is 0 Å². The molecule has 0 amide bonds. The summed E-state index contributed by atoms with van der Waals surface area (Å²) in [6, 6.07) is 0.615. The topological polar surface area (TPSA) is 56.9 Å². The molecule has 2 rings (SSSR count). The number of hydrogen-bond acceptors (Lipinski definition) is 3. The first kappa shape index (κ1) is 22.0. The van der Waals surface area contributed by atoms with Crippen molar-refractivity contribution in [1.82, 2.24) is 15.1 Å². The van der Waals surface area contributed by atoms with E-state index in [0.29, 0.717) is 12.0 Å². The van der Waals surface area contributed by atoms with Crippen LogP contribution in [0.15, 0.2) is 4.99 Å². The molecule has 2 atom stereocenters. The maximum Gasteiger partial charge on any atom is 0.188 e. The molecular weight excluding hydrogens is 413 g/mol. The van der Waals surface area contributed by atoms with Crippen molar-refractivity contribution in [2.45, 2.75) is 65.0 Å². The lowest BCUT2D eigenvalue weighted by Gasteiger charge is -2.42. The number of rotatable bonds is 6. The van der Waals surface area contributed by atoms with Crippen molar-refractivity contribution >= 4 is 29.9 Å². The Morgan fingerprint density at radius 3 is 2.62 bits per heavy atom. The highest BCUT2D eigenvalue weighted by atomic mass is 127. The minimum atomic E-state index is 0. The summed E-state index contributed by atoms with van der Waals surface area (Å²) in [6.07, 6.45) is 5.23. The number of nitrogens with zero attached hydrogens (tertiary/aromatic N) is 3. The first-order chi connectivity index (χ1) is 10.9. The van der Waals surface area contributed by atoms with Crippen molar-refractivity contribution in [3.8, 4) is 0 Å². The van der Waals surface area contributed by atoms with Gasteiger partial charge >= 0.3 is 0 Å². The van der Waals surface area contributed by atoms with Gasteiger partial charge in [0.15, 0.2) is 5.96 Å². The Balaban J connectivity index is 0.00000288. The third-order valence-electron chi connectivity index (χ3n) is 5.57. The Morgan fingerprint density at radius 1 is 1.25 bits per heavy atom. The summed E-state index contributed by atoms with van der Waals surface area (Å²) in [5.41, 5.74) is 6.19. The molecular formula is C18H38IN5. The molecule has 142 valence electrons. The highest BCUT2D eigenvalue weighted by Gasteiger charge is 2.30. The predicted molar refractivity (Wildman–Crippen MR) is 114 cm³/mol. The number of halogens is 1. The SMILES string of the molecule is CCN1CCCC1CNC(N)=NCC(C)(C)N1CCCC(C)C1.I. The molecule has 0 spiro atoms. The Labute approximate surface area is 165 Å². The summed E-state index contributed by atoms with van der Waals surface area (Å²) in [6.45, 7) is 15.6. The molecule has 2 unspecified atom stereocenters. The molecule has 0 aromatic rings. The van der Waals surface area contributed by atoms with Crippen LogP contribution in [0.4, 0.5) is 0 Å². The summed E-state index contributed by atoms with van der Waals surface area (Å²) in [5.74, 6) is 1.40. The third-order valence-corrected chi connectivity index (χ3v) is 5.57. The summed E-state index contributed by atoms with van der Waals surface area (Å²) in [4.78, 5) is 9.74. The Bertz CT molecular complexity index is 399. The Hall–Kier alpha value is -0.0800. The molecule has 0 aromatic heterocycles. The van der Waals surface area contributed by atoms with Gasteiger partial charge in [-0.05, 0) is 65.1 Å². The maximum absolute atomic E-state index is 6.10. The molecule has 0 aromatic carbocycles. The summed E-state index contributed by atoms with van der Waals surface area (Å²) >= 11 is 0. The summed E-state index contributed by atoms with van der Waals surface area (Å²) < 4.78 is 0. The molecule has 24 heavy (non-hydrogen) atoms. The van der Waals surface area contributed by atoms with E-state index in [2.05, 4.69) is 47.8 Å². The van der Waals surface area contributed by atoms with Crippen LogP contribution < -0.4 is 11.1 Å². The minimum Gasteiger partial charge on any atom is -0.370 e. The smallest absolute Gasteiger partial charge is 0.188 e. The molecule has 5 nitrogen and oxygen atoms in total. The van der Waals surface area contributed by atoms with Gasteiger partial charge in [-0.1, -0.05) is 13.8 Å². The molecule has 2 aliphatic rings. The average molecular weight is 451 g/mol. The fourth-order valence-corrected chi connectivity index (χ4v) is 3.94. The normalized spacial score (nSPS) is 27.1. The molecule has 0 bridgehead atoms. The van der Waals surface area contributed by atoms with E-state index in [9.17, 15) is 0 Å². The zero-order valence-corrected chi connectivity index (χ0v) is 18.4. The summed E-state index contributed by atoms with van der Waals surface area (Å²) in [7, 11) is 0. The monoisotopic (exact) mass is 451 g/mol. The Kier molecular flexibility index (Phi) is 9.30. The number of likely N-dealkylation sites (N-methyl/N-ethyl adjacent to an activating group) is 1. The van der Waals surface area contributed by atoms with Crippen molar-refractivity contribution in [3.05, 3.63) is 0 Å². The molecule has 6 heteroatoms. The third kappa shape index (κ3) is 6.33. The second-order valence-corrected chi connectivity index (χ2v) is 8.01. The fraction of sp³-hybridized carbons (Fsp3) is 0.944. The van der Waals surface area contributed by atoms with E-state index >= 15 is 0 Å². The molecule has 0 saturated carbocycles. The van der Waals surface area contributed by atoms with E-state index < -0.39 is 0 Å². The van der Waals surface area contributed by atoms with Gasteiger partial charge in [0.25, 0.3) is 0 Å². The van der Waals surface area contributed by atoms with Crippen molar-refractivity contribution in [2.75, 3.05) is 39.3 Å². The number of aliphatic imine (C=N–C) groups is 1. The predicted octanol–water partition coefficient (Wildman–Crippen LogP) is 2.50. The van der Waals surface area contributed by atoms with E-state index in [1.54, 1.807) is 0 Å². The van der Waals surface area contributed by atoms with E-state index in [-0.39, 0.29) is 29.5 Å². The van der Waals surface area contributed by atoms with Gasteiger partial charge in [-0.15, -0.1) is 24.0 Å². The molecule has 2 aliphatic heterocycles. The largest absolute Gasteiger partial charge is 0.370 e. The lowest BCUT2D eigenvalue weighted by molar-refractivity contribution is 0.0775. The first-order valence-corrected chi connectivity index (χ1v) is 9.45. The van der Waals surface area contributed by atoms with E-state index in [0.717, 1.165) is 25.6 Å². The molecule has 2 fully saturated rings. The van der Waals surface area contributed by atoms with Crippen LogP contribution in [0.5, 0.6) is 0 Å². The van der Waals surface area contributed by atoms with Crippen molar-refractivity contribution < 1.29 is 0 Å². The maximum atomic E-state index is 6.10. The average Bonchev–Trinajstić information content (AvgIpc) is 2.98. The van der Waals surface area contributed by atoms with Crippen LogP contribution in [0.2, 0.25) is 0 Å². The first-order valence-electron chi connectivity index (χ1n) is 9.45. The van der Waals surface area contributed by atoms with Crippen LogP contribution in [0, 0.1) is 5.92 Å². The van der Waals surface area contributed by atoms with Gasteiger partial charge < -0.3 is 11.1 Å². The van der Waals surface area contributed by atoms with Gasteiger partial charge in [-0.3, -0.25) is 14.8 Å². The zero-order valence-electron chi connectivity index (χ0n) is 16.1. The van der Waals surface area contributed by atoms with Gasteiger partial charge in [-0.2, -0.15) is 0 Å². The highest BCUT2D eigenvalue weighted by molar-refractivity contribution is 14.0. The number of guanidine groups is 1. The van der Waals surface area contributed by atoms with Crippen LogP contribution in [-0.2, 0) is 0 Å². The van der Waals surface area contributed by atoms with E-state index in [1.165, 1.54) is 45.3 Å². The molecule has 0 radical (unpaired) electrons. The van der Waals surface area contributed by atoms with E-state index in [4.69, 9.17) is 5.73 Å². The van der Waals surface area contributed by atoms with Crippen LogP contribution in [0.1, 0.15) is 53.4 Å². The van der Waals surface area contributed by atoms with Gasteiger partial charge in [0.1, 0.15) is 0 Å². The van der Waals surface area contributed by atoms with Crippen LogP contribution in [-0.4, -0.2) is 66.6 Å². The van der Waals surface area contributed by atoms with Crippen molar-refractivity contribution in [1.29, 1.82) is 0 Å². The van der Waals surface area contributed by atoms with Gasteiger partial charge in [0, 0.05) is 24.7 Å². The molecule has 0 aliphatic carbocycles. The van der Waals surface area contributed by atoms with E-state index in [1.807, 2.05) is 0 Å². The zero-order chi connectivity index (χ0) is 16.9. The standard InChI is InChI=1S/C18H37N5.HI/c1-5-22-10-7-9-16(22)12-20-17(19)21-14-18(3,4)23-11-6-8-15(2)13-23;/h15-16H,5-14H2,1-4H3,(H3,19,20,21);1H. The van der Waals surface area contributed by atoms with Gasteiger partial charge in [0.05, 0.1) is 6.54 Å². The van der Waals surface area contributed by atoms with Gasteiger partial charge in [0.2, 0.25) is 0 Å². The second-order valence-electron chi connectivity index (χ2n) is 8.01. The Morgan fingerprint density at radius 2 is 1.96 bits per heavy atom. The quantitative estimate of drug-likeness (QED) is 0.370. The van der Waals surface area contributed by atoms with Crippen LogP contribution >= 0.6 is 24.0 Å².